The van der Waals surface area contributed by atoms with Crippen LogP contribution in [0.2, 0.25) is 0 Å². The van der Waals surface area contributed by atoms with Gasteiger partial charge in [0.2, 0.25) is 0 Å². The monoisotopic (exact) mass is 390 g/mol. The lowest BCUT2D eigenvalue weighted by molar-refractivity contribution is 0.209. The fraction of sp³-hybridized carbons (Fsp3) is 0.360. The molecule has 0 saturated heterocycles. The maximum atomic E-state index is 13.4. The summed E-state index contributed by atoms with van der Waals surface area (Å²) in [6.45, 7) is 0. The quantitative estimate of drug-likeness (QED) is 0.547. The van der Waals surface area contributed by atoms with E-state index in [-0.39, 0.29) is 5.82 Å². The van der Waals surface area contributed by atoms with Crippen LogP contribution in [0.3, 0.4) is 0 Å². The van der Waals surface area contributed by atoms with Crippen molar-refractivity contribution >= 4 is 17.0 Å². The van der Waals surface area contributed by atoms with Gasteiger partial charge in [0.15, 0.2) is 0 Å². The summed E-state index contributed by atoms with van der Waals surface area (Å²) < 4.78 is 13.4. The Bertz CT molecular complexity index is 1010. The molecule has 150 valence electrons. The number of hydrogen-bond acceptors (Lipinski definition) is 3. The van der Waals surface area contributed by atoms with Crippen molar-refractivity contribution in [2.24, 2.45) is 0 Å². The molecule has 29 heavy (non-hydrogen) atoms. The van der Waals surface area contributed by atoms with Gasteiger partial charge in [0.25, 0.3) is 0 Å². The largest absolute Gasteiger partial charge is 0.389 e. The lowest BCUT2D eigenvalue weighted by atomic mass is 9.95. The Kier molecular flexibility index (Phi) is 6.30. The third kappa shape index (κ3) is 5.27. The number of benzene rings is 1. The van der Waals surface area contributed by atoms with Crippen LogP contribution in [0.1, 0.15) is 54.6 Å². The van der Waals surface area contributed by atoms with E-state index < -0.39 is 6.10 Å². The SMILES string of the molecule is OC(/C=C/c1cnc2ccc(F)cc2c1)CCCCc1ccc2c(n1)CCCC2. The van der Waals surface area contributed by atoms with Gasteiger partial charge in [0, 0.05) is 23.0 Å². The molecular formula is C25H27FN2O. The number of aliphatic hydroxyl groups is 1. The second kappa shape index (κ2) is 9.27. The van der Waals surface area contributed by atoms with Crippen molar-refractivity contribution in [2.45, 2.75) is 57.5 Å². The molecular weight excluding hydrogens is 363 g/mol. The van der Waals surface area contributed by atoms with Gasteiger partial charge in [-0.05, 0) is 86.4 Å². The van der Waals surface area contributed by atoms with Gasteiger partial charge >= 0.3 is 0 Å². The van der Waals surface area contributed by atoms with Gasteiger partial charge in [-0.1, -0.05) is 24.6 Å². The predicted molar refractivity (Wildman–Crippen MR) is 115 cm³/mol. The zero-order chi connectivity index (χ0) is 20.1. The minimum absolute atomic E-state index is 0.270. The van der Waals surface area contributed by atoms with E-state index in [0.29, 0.717) is 0 Å². The number of nitrogens with zero attached hydrogens (tertiary/aromatic N) is 2. The highest BCUT2D eigenvalue weighted by atomic mass is 19.1. The summed E-state index contributed by atoms with van der Waals surface area (Å²) in [4.78, 5) is 9.16. The number of hydrogen-bond donors (Lipinski definition) is 1. The molecule has 2 aromatic heterocycles. The number of rotatable bonds is 7. The third-order valence-corrected chi connectivity index (χ3v) is 5.59. The van der Waals surface area contributed by atoms with Gasteiger partial charge in [-0.15, -0.1) is 0 Å². The summed E-state index contributed by atoms with van der Waals surface area (Å²) in [6, 6.07) is 10.9. The Morgan fingerprint density at radius 1 is 1.07 bits per heavy atom. The van der Waals surface area contributed by atoms with Crippen LogP contribution in [0.15, 0.2) is 48.7 Å². The fourth-order valence-electron chi connectivity index (χ4n) is 3.96. The van der Waals surface area contributed by atoms with Crippen molar-refractivity contribution in [2.75, 3.05) is 0 Å². The smallest absolute Gasteiger partial charge is 0.123 e. The molecule has 0 fully saturated rings. The summed E-state index contributed by atoms with van der Waals surface area (Å²) >= 11 is 0. The van der Waals surface area contributed by atoms with Crippen molar-refractivity contribution in [1.82, 2.24) is 9.97 Å². The third-order valence-electron chi connectivity index (χ3n) is 5.59. The van der Waals surface area contributed by atoms with E-state index in [4.69, 9.17) is 4.98 Å². The zero-order valence-corrected chi connectivity index (χ0v) is 16.6. The maximum absolute atomic E-state index is 13.4. The molecule has 1 unspecified atom stereocenters. The van der Waals surface area contributed by atoms with Crippen LogP contribution >= 0.6 is 0 Å². The average molecular weight is 391 g/mol. The van der Waals surface area contributed by atoms with E-state index in [1.807, 2.05) is 12.1 Å². The summed E-state index contributed by atoms with van der Waals surface area (Å²) in [6.07, 6.45) is 13.4. The molecule has 1 atom stereocenters. The Balaban J connectivity index is 1.25. The van der Waals surface area contributed by atoms with E-state index in [0.717, 1.165) is 48.6 Å². The molecule has 0 bridgehead atoms. The molecule has 1 aromatic carbocycles. The first-order valence-electron chi connectivity index (χ1n) is 10.6. The normalized spacial score (nSPS) is 15.0. The molecule has 2 heterocycles. The lowest BCUT2D eigenvalue weighted by Gasteiger charge is -2.15. The molecule has 0 radical (unpaired) electrons. The number of aliphatic hydroxyl groups excluding tert-OH is 1. The first-order valence-corrected chi connectivity index (χ1v) is 10.6. The highest BCUT2D eigenvalue weighted by molar-refractivity contribution is 5.80. The number of unbranched alkanes of at least 4 members (excludes halogenated alkanes) is 1. The molecule has 3 nitrogen and oxygen atoms in total. The Morgan fingerprint density at radius 3 is 2.90 bits per heavy atom. The highest BCUT2D eigenvalue weighted by Crippen LogP contribution is 2.20. The second-order valence-electron chi connectivity index (χ2n) is 7.89. The first-order chi connectivity index (χ1) is 14.2. The Hall–Kier alpha value is -2.59. The molecule has 4 heteroatoms. The van der Waals surface area contributed by atoms with Gasteiger partial charge in [-0.3, -0.25) is 9.97 Å². The number of pyridine rings is 2. The van der Waals surface area contributed by atoms with Crippen molar-refractivity contribution in [3.05, 3.63) is 77.0 Å². The van der Waals surface area contributed by atoms with Gasteiger partial charge in [0.05, 0.1) is 11.6 Å². The number of aromatic nitrogens is 2. The highest BCUT2D eigenvalue weighted by Gasteiger charge is 2.11. The van der Waals surface area contributed by atoms with Crippen LogP contribution in [-0.2, 0) is 19.3 Å². The molecule has 0 saturated carbocycles. The van der Waals surface area contributed by atoms with Gasteiger partial charge < -0.3 is 5.11 Å². The molecule has 0 spiro atoms. The van der Waals surface area contributed by atoms with Crippen LogP contribution in [0, 0.1) is 5.82 Å². The second-order valence-corrected chi connectivity index (χ2v) is 7.89. The van der Waals surface area contributed by atoms with E-state index in [2.05, 4.69) is 17.1 Å². The maximum Gasteiger partial charge on any atom is 0.123 e. The van der Waals surface area contributed by atoms with E-state index in [1.165, 1.54) is 48.3 Å². The fourth-order valence-corrected chi connectivity index (χ4v) is 3.96. The molecule has 1 N–H and O–H groups in total. The Morgan fingerprint density at radius 2 is 1.97 bits per heavy atom. The Labute approximate surface area is 171 Å². The van der Waals surface area contributed by atoms with Crippen LogP contribution in [0.25, 0.3) is 17.0 Å². The summed E-state index contributed by atoms with van der Waals surface area (Å²) in [5.41, 5.74) is 5.51. The number of aryl methyl sites for hydroxylation is 3. The van der Waals surface area contributed by atoms with Gasteiger partial charge in [0.1, 0.15) is 5.82 Å². The number of fused-ring (bicyclic) bond motifs is 2. The number of halogens is 1. The van der Waals surface area contributed by atoms with Crippen molar-refractivity contribution < 1.29 is 9.50 Å². The van der Waals surface area contributed by atoms with E-state index >= 15 is 0 Å². The predicted octanol–water partition coefficient (Wildman–Crippen LogP) is 5.43. The summed E-state index contributed by atoms with van der Waals surface area (Å²) in [7, 11) is 0. The van der Waals surface area contributed by atoms with Crippen molar-refractivity contribution in [3.8, 4) is 0 Å². The average Bonchev–Trinajstić information content (AvgIpc) is 2.75. The van der Waals surface area contributed by atoms with Crippen LogP contribution in [0.4, 0.5) is 4.39 Å². The van der Waals surface area contributed by atoms with Gasteiger partial charge in [-0.25, -0.2) is 4.39 Å². The van der Waals surface area contributed by atoms with Crippen LogP contribution in [0.5, 0.6) is 0 Å². The van der Waals surface area contributed by atoms with E-state index in [1.54, 1.807) is 18.3 Å². The summed E-state index contributed by atoms with van der Waals surface area (Å²) in [5.74, 6) is -0.270. The molecule has 0 amide bonds. The van der Waals surface area contributed by atoms with Crippen LogP contribution < -0.4 is 0 Å². The minimum Gasteiger partial charge on any atom is -0.389 e. The molecule has 4 rings (SSSR count). The topological polar surface area (TPSA) is 46.0 Å². The lowest BCUT2D eigenvalue weighted by Crippen LogP contribution is -2.07. The van der Waals surface area contributed by atoms with Crippen molar-refractivity contribution in [3.63, 3.8) is 0 Å². The van der Waals surface area contributed by atoms with Crippen molar-refractivity contribution in [1.29, 1.82) is 0 Å². The van der Waals surface area contributed by atoms with E-state index in [9.17, 15) is 9.50 Å². The molecule has 1 aliphatic rings. The van der Waals surface area contributed by atoms with Crippen LogP contribution in [-0.4, -0.2) is 21.2 Å². The first kappa shape index (κ1) is 19.7. The zero-order valence-electron chi connectivity index (χ0n) is 16.6. The summed E-state index contributed by atoms with van der Waals surface area (Å²) in [5, 5.41) is 11.0. The molecule has 3 aromatic rings. The van der Waals surface area contributed by atoms with Gasteiger partial charge in [-0.2, -0.15) is 0 Å². The molecule has 1 aliphatic carbocycles. The molecule has 0 aliphatic heterocycles. The standard InChI is InChI=1S/C25H27FN2O/c26-21-11-14-24-20(16-21)15-18(17-27-24)9-13-23(29)7-3-2-6-22-12-10-19-5-1-4-8-25(19)28-22/h9-17,23,29H,1-8H2/b13-9+. The minimum atomic E-state index is -0.491.